The van der Waals surface area contributed by atoms with Crippen LogP contribution in [0.15, 0.2) is 29.6 Å². The van der Waals surface area contributed by atoms with E-state index in [9.17, 15) is 0 Å². The molecule has 0 saturated carbocycles. The van der Waals surface area contributed by atoms with Gasteiger partial charge in [-0.3, -0.25) is 0 Å². The topological polar surface area (TPSA) is 12.9 Å². The van der Waals surface area contributed by atoms with Crippen molar-refractivity contribution < 1.29 is 0 Å². The summed E-state index contributed by atoms with van der Waals surface area (Å²) in [6.07, 6.45) is 0.713. The van der Waals surface area contributed by atoms with E-state index in [0.717, 1.165) is 21.3 Å². The zero-order valence-electron chi connectivity index (χ0n) is 8.78. The zero-order chi connectivity index (χ0) is 11.5. The molecule has 0 radical (unpaired) electrons. The smallest absolute Gasteiger partial charge is 0.0897 e. The first kappa shape index (κ1) is 11.9. The summed E-state index contributed by atoms with van der Waals surface area (Å²) in [5.41, 5.74) is 2.00. The van der Waals surface area contributed by atoms with E-state index in [2.05, 4.69) is 4.98 Å². The Bertz CT molecular complexity index is 481. The fraction of sp³-hybridized carbons (Fsp3) is 0.250. The molecular weight excluding hydrogens is 261 g/mol. The third-order valence-electron chi connectivity index (χ3n) is 2.31. The second-order valence-corrected chi connectivity index (χ2v) is 5.55. The van der Waals surface area contributed by atoms with E-state index in [4.69, 9.17) is 23.2 Å². The molecule has 16 heavy (non-hydrogen) atoms. The number of hydrogen-bond acceptors (Lipinski definition) is 2. The molecule has 2 aromatic rings. The molecule has 1 nitrogen and oxygen atoms in total. The van der Waals surface area contributed by atoms with Gasteiger partial charge in [-0.1, -0.05) is 29.8 Å². The van der Waals surface area contributed by atoms with Gasteiger partial charge >= 0.3 is 0 Å². The van der Waals surface area contributed by atoms with E-state index >= 15 is 0 Å². The van der Waals surface area contributed by atoms with Crippen LogP contribution in [-0.4, -0.2) is 4.98 Å². The van der Waals surface area contributed by atoms with E-state index in [1.807, 2.05) is 36.6 Å². The Hall–Kier alpha value is -0.570. The maximum absolute atomic E-state index is 6.31. The summed E-state index contributed by atoms with van der Waals surface area (Å²) in [6, 6.07) is 7.77. The fourth-order valence-electron chi connectivity index (χ4n) is 1.49. The highest BCUT2D eigenvalue weighted by atomic mass is 35.5. The lowest BCUT2D eigenvalue weighted by Gasteiger charge is -2.08. The van der Waals surface area contributed by atoms with Crippen molar-refractivity contribution in [2.45, 2.75) is 18.7 Å². The molecule has 0 fully saturated rings. The van der Waals surface area contributed by atoms with Crippen molar-refractivity contribution >= 4 is 34.5 Å². The monoisotopic (exact) mass is 271 g/mol. The second-order valence-electron chi connectivity index (χ2n) is 3.55. The molecule has 0 aliphatic carbocycles. The lowest BCUT2D eigenvalue weighted by atomic mass is 10.1. The van der Waals surface area contributed by atoms with Gasteiger partial charge in [0.05, 0.1) is 16.1 Å². The predicted octanol–water partition coefficient (Wildman–Crippen LogP) is 4.63. The molecule has 0 spiro atoms. The van der Waals surface area contributed by atoms with Crippen LogP contribution in [-0.2, 0) is 6.42 Å². The average Bonchev–Trinajstić information content (AvgIpc) is 2.68. The molecule has 0 aliphatic rings. The van der Waals surface area contributed by atoms with Crippen LogP contribution in [0.2, 0.25) is 5.02 Å². The Morgan fingerprint density at radius 1 is 1.38 bits per heavy atom. The Morgan fingerprint density at radius 2 is 2.12 bits per heavy atom. The molecule has 0 aliphatic heterocycles. The third kappa shape index (κ3) is 2.76. The van der Waals surface area contributed by atoms with Crippen LogP contribution in [0.25, 0.3) is 0 Å². The standard InChI is InChI=1S/C12H11Cl2NS/c1-8-15-12(7-16-8)11(14)6-9-4-2-3-5-10(9)13/h2-5,7,11H,6H2,1H3. The van der Waals surface area contributed by atoms with Crippen LogP contribution in [0, 0.1) is 6.92 Å². The molecule has 1 atom stereocenters. The van der Waals surface area contributed by atoms with Crippen molar-refractivity contribution in [2.75, 3.05) is 0 Å². The van der Waals surface area contributed by atoms with Gasteiger partial charge in [0.2, 0.25) is 0 Å². The van der Waals surface area contributed by atoms with Gasteiger partial charge in [-0.25, -0.2) is 4.98 Å². The minimum atomic E-state index is -0.107. The molecule has 4 heteroatoms. The Balaban J connectivity index is 2.13. The predicted molar refractivity (Wildman–Crippen MR) is 70.6 cm³/mol. The summed E-state index contributed by atoms with van der Waals surface area (Å²) in [5.74, 6) is 0. The summed E-state index contributed by atoms with van der Waals surface area (Å²) >= 11 is 14.0. The van der Waals surface area contributed by atoms with Crippen LogP contribution >= 0.6 is 34.5 Å². The first-order chi connectivity index (χ1) is 7.66. The normalized spacial score (nSPS) is 12.7. The lowest BCUT2D eigenvalue weighted by Crippen LogP contribution is -1.97. The second kappa shape index (κ2) is 5.17. The first-order valence-electron chi connectivity index (χ1n) is 4.96. The minimum absolute atomic E-state index is 0.107. The molecular formula is C12H11Cl2NS. The average molecular weight is 272 g/mol. The summed E-state index contributed by atoms with van der Waals surface area (Å²) in [7, 11) is 0. The molecule has 0 N–H and O–H groups in total. The molecule has 0 saturated heterocycles. The fourth-order valence-corrected chi connectivity index (χ4v) is 2.72. The SMILES string of the molecule is Cc1nc(C(Cl)Cc2ccccc2Cl)cs1. The summed E-state index contributed by atoms with van der Waals surface area (Å²) in [5, 5.41) is 3.70. The van der Waals surface area contributed by atoms with Gasteiger partial charge in [-0.2, -0.15) is 0 Å². The van der Waals surface area contributed by atoms with Gasteiger partial charge in [0.1, 0.15) is 0 Å². The third-order valence-corrected chi connectivity index (χ3v) is 3.85. The van der Waals surface area contributed by atoms with Gasteiger partial charge in [0, 0.05) is 10.4 Å². The van der Waals surface area contributed by atoms with Gasteiger partial charge in [-0.15, -0.1) is 22.9 Å². The maximum Gasteiger partial charge on any atom is 0.0897 e. The molecule has 2 rings (SSSR count). The van der Waals surface area contributed by atoms with Gasteiger partial charge in [0.25, 0.3) is 0 Å². The molecule has 1 heterocycles. The van der Waals surface area contributed by atoms with Crippen molar-refractivity contribution in [3.63, 3.8) is 0 Å². The van der Waals surface area contributed by atoms with E-state index in [-0.39, 0.29) is 5.38 Å². The lowest BCUT2D eigenvalue weighted by molar-refractivity contribution is 0.883. The number of aryl methyl sites for hydroxylation is 1. The Morgan fingerprint density at radius 3 is 2.75 bits per heavy atom. The number of hydrogen-bond donors (Lipinski definition) is 0. The maximum atomic E-state index is 6.31. The largest absolute Gasteiger partial charge is 0.245 e. The van der Waals surface area contributed by atoms with E-state index in [1.54, 1.807) is 11.3 Å². The molecule has 0 bridgehead atoms. The number of aromatic nitrogens is 1. The number of benzene rings is 1. The van der Waals surface area contributed by atoms with Crippen LogP contribution in [0.3, 0.4) is 0 Å². The minimum Gasteiger partial charge on any atom is -0.245 e. The van der Waals surface area contributed by atoms with Crippen molar-refractivity contribution in [1.29, 1.82) is 0 Å². The molecule has 1 aromatic heterocycles. The van der Waals surface area contributed by atoms with Crippen LogP contribution in [0.1, 0.15) is 21.6 Å². The molecule has 84 valence electrons. The van der Waals surface area contributed by atoms with Crippen molar-refractivity contribution in [1.82, 2.24) is 4.98 Å². The zero-order valence-corrected chi connectivity index (χ0v) is 11.1. The highest BCUT2D eigenvalue weighted by Gasteiger charge is 2.13. The van der Waals surface area contributed by atoms with Crippen molar-refractivity contribution in [3.05, 3.63) is 50.9 Å². The number of halogens is 2. The van der Waals surface area contributed by atoms with Crippen LogP contribution in [0.4, 0.5) is 0 Å². The highest BCUT2D eigenvalue weighted by molar-refractivity contribution is 7.09. The Kier molecular flexibility index (Phi) is 3.85. The Labute approximate surface area is 109 Å². The number of thiazole rings is 1. The van der Waals surface area contributed by atoms with Gasteiger partial charge < -0.3 is 0 Å². The van der Waals surface area contributed by atoms with E-state index in [0.29, 0.717) is 6.42 Å². The number of rotatable bonds is 3. The quantitative estimate of drug-likeness (QED) is 0.742. The first-order valence-corrected chi connectivity index (χ1v) is 6.65. The van der Waals surface area contributed by atoms with Crippen LogP contribution in [0.5, 0.6) is 0 Å². The molecule has 1 aromatic carbocycles. The van der Waals surface area contributed by atoms with Crippen molar-refractivity contribution in [3.8, 4) is 0 Å². The van der Waals surface area contributed by atoms with Gasteiger partial charge in [-0.05, 0) is 25.0 Å². The number of alkyl halides is 1. The van der Waals surface area contributed by atoms with Crippen LogP contribution < -0.4 is 0 Å². The van der Waals surface area contributed by atoms with Crippen molar-refractivity contribution in [2.24, 2.45) is 0 Å². The van der Waals surface area contributed by atoms with Gasteiger partial charge in [0.15, 0.2) is 0 Å². The molecule has 0 amide bonds. The van der Waals surface area contributed by atoms with E-state index < -0.39 is 0 Å². The van der Waals surface area contributed by atoms with E-state index in [1.165, 1.54) is 0 Å². The summed E-state index contributed by atoms with van der Waals surface area (Å²) in [6.45, 7) is 1.98. The number of nitrogens with zero attached hydrogens (tertiary/aromatic N) is 1. The highest BCUT2D eigenvalue weighted by Crippen LogP contribution is 2.28. The summed E-state index contributed by atoms with van der Waals surface area (Å²) < 4.78 is 0. The summed E-state index contributed by atoms with van der Waals surface area (Å²) in [4.78, 5) is 4.38. The molecule has 1 unspecified atom stereocenters.